The number of unbranched alkanes of at least 4 members (excludes halogenated alkanes) is 3. The SMILES string of the molecule is COCCCCCCOc1ccc(-c2ccc(C3CCC(CC/C=C/F)CC3)cc2)c(F)c1. The van der Waals surface area contributed by atoms with Crippen molar-refractivity contribution in [2.45, 2.75) is 70.1 Å². The summed E-state index contributed by atoms with van der Waals surface area (Å²) < 4.78 is 37.7. The van der Waals surface area contributed by atoms with Crippen LogP contribution in [-0.2, 0) is 4.74 Å². The maximum absolute atomic E-state index is 14.8. The molecule has 180 valence electrons. The van der Waals surface area contributed by atoms with Gasteiger partial charge in [-0.3, -0.25) is 0 Å². The number of methoxy groups -OCH3 is 1. The molecule has 0 N–H and O–H groups in total. The number of ether oxygens (including phenoxy) is 2. The first kappa shape index (κ1) is 25.4. The topological polar surface area (TPSA) is 18.5 Å². The molecule has 4 heteroatoms. The molecule has 2 aromatic carbocycles. The highest BCUT2D eigenvalue weighted by atomic mass is 19.1. The van der Waals surface area contributed by atoms with Crippen molar-refractivity contribution >= 4 is 0 Å². The average molecular weight is 457 g/mol. The number of allylic oxidation sites excluding steroid dienone is 1. The Hall–Kier alpha value is -2.20. The zero-order valence-electron chi connectivity index (χ0n) is 19.9. The van der Waals surface area contributed by atoms with Crippen molar-refractivity contribution in [2.75, 3.05) is 20.3 Å². The monoisotopic (exact) mass is 456 g/mol. The molecule has 0 unspecified atom stereocenters. The van der Waals surface area contributed by atoms with E-state index in [4.69, 9.17) is 9.47 Å². The van der Waals surface area contributed by atoms with Crippen LogP contribution in [0.5, 0.6) is 5.75 Å². The van der Waals surface area contributed by atoms with Crippen molar-refractivity contribution in [3.8, 4) is 16.9 Å². The quantitative estimate of drug-likeness (QED) is 0.281. The Morgan fingerprint density at radius 2 is 1.64 bits per heavy atom. The Labute approximate surface area is 198 Å². The molecule has 1 aliphatic rings. The summed E-state index contributed by atoms with van der Waals surface area (Å²) in [4.78, 5) is 0. The lowest BCUT2D eigenvalue weighted by molar-refractivity contribution is 0.191. The first-order valence-corrected chi connectivity index (χ1v) is 12.5. The number of hydrogen-bond donors (Lipinski definition) is 0. The summed E-state index contributed by atoms with van der Waals surface area (Å²) in [6, 6.07) is 13.5. The van der Waals surface area contributed by atoms with E-state index in [-0.39, 0.29) is 5.82 Å². The molecule has 2 aromatic rings. The largest absolute Gasteiger partial charge is 0.493 e. The highest BCUT2D eigenvalue weighted by Crippen LogP contribution is 2.38. The van der Waals surface area contributed by atoms with E-state index in [0.717, 1.165) is 50.7 Å². The second-order valence-electron chi connectivity index (χ2n) is 9.18. The number of benzene rings is 2. The minimum Gasteiger partial charge on any atom is -0.493 e. The standard InChI is InChI=1S/C29H38F2O2/c1-32-20-6-2-3-7-21-33-27-17-18-28(29(31)22-27)26-15-13-25(14-16-26)24-11-9-23(10-12-24)8-4-5-19-30/h5,13-19,22-24H,2-4,6-12,20-21H2,1H3/b19-5+. The third kappa shape index (κ3) is 8.26. The van der Waals surface area contributed by atoms with E-state index in [1.54, 1.807) is 13.2 Å². The lowest BCUT2D eigenvalue weighted by Crippen LogP contribution is -2.13. The van der Waals surface area contributed by atoms with E-state index < -0.39 is 0 Å². The molecule has 0 heterocycles. The fourth-order valence-corrected chi connectivity index (χ4v) is 4.83. The van der Waals surface area contributed by atoms with Crippen LogP contribution in [0.2, 0.25) is 0 Å². The summed E-state index contributed by atoms with van der Waals surface area (Å²) in [5.74, 6) is 1.62. The second-order valence-corrected chi connectivity index (χ2v) is 9.18. The lowest BCUT2D eigenvalue weighted by atomic mass is 9.77. The van der Waals surface area contributed by atoms with Crippen LogP contribution in [0.25, 0.3) is 11.1 Å². The molecular formula is C29H38F2O2. The highest BCUT2D eigenvalue weighted by molar-refractivity contribution is 5.65. The summed E-state index contributed by atoms with van der Waals surface area (Å²) in [7, 11) is 1.72. The van der Waals surface area contributed by atoms with Gasteiger partial charge in [0.15, 0.2) is 0 Å². The molecule has 2 nitrogen and oxygen atoms in total. The van der Waals surface area contributed by atoms with E-state index in [9.17, 15) is 8.78 Å². The predicted molar refractivity (Wildman–Crippen MR) is 132 cm³/mol. The van der Waals surface area contributed by atoms with Crippen LogP contribution in [0.3, 0.4) is 0 Å². The highest BCUT2D eigenvalue weighted by Gasteiger charge is 2.22. The smallest absolute Gasteiger partial charge is 0.134 e. The molecule has 1 saturated carbocycles. The minimum absolute atomic E-state index is 0.247. The van der Waals surface area contributed by atoms with E-state index in [1.165, 1.54) is 37.3 Å². The fourth-order valence-electron chi connectivity index (χ4n) is 4.83. The Morgan fingerprint density at radius 3 is 2.30 bits per heavy atom. The van der Waals surface area contributed by atoms with Crippen LogP contribution in [0.15, 0.2) is 54.9 Å². The molecule has 0 amide bonds. The molecular weight excluding hydrogens is 418 g/mol. The minimum atomic E-state index is -0.247. The number of rotatable bonds is 13. The zero-order chi connectivity index (χ0) is 23.3. The first-order valence-electron chi connectivity index (χ1n) is 12.5. The maximum atomic E-state index is 14.8. The van der Waals surface area contributed by atoms with E-state index in [1.807, 2.05) is 24.3 Å². The average Bonchev–Trinajstić information content (AvgIpc) is 2.84. The van der Waals surface area contributed by atoms with Gasteiger partial charge in [-0.25, -0.2) is 8.78 Å². The van der Waals surface area contributed by atoms with Gasteiger partial charge in [0.2, 0.25) is 0 Å². The van der Waals surface area contributed by atoms with Crippen LogP contribution in [0.4, 0.5) is 8.78 Å². The van der Waals surface area contributed by atoms with Crippen molar-refractivity contribution < 1.29 is 18.3 Å². The van der Waals surface area contributed by atoms with Crippen molar-refractivity contribution in [2.24, 2.45) is 5.92 Å². The van der Waals surface area contributed by atoms with Gasteiger partial charge in [0, 0.05) is 25.3 Å². The van der Waals surface area contributed by atoms with Gasteiger partial charge in [0.05, 0.1) is 12.9 Å². The fraction of sp³-hybridized carbons (Fsp3) is 0.517. The van der Waals surface area contributed by atoms with Gasteiger partial charge in [-0.2, -0.15) is 0 Å². The van der Waals surface area contributed by atoms with Crippen LogP contribution in [0.1, 0.15) is 75.7 Å². The molecule has 3 rings (SSSR count). The molecule has 1 aliphatic carbocycles. The molecule has 0 radical (unpaired) electrons. The van der Waals surface area contributed by atoms with E-state index in [2.05, 4.69) is 12.1 Å². The van der Waals surface area contributed by atoms with Crippen LogP contribution in [0, 0.1) is 11.7 Å². The third-order valence-corrected chi connectivity index (χ3v) is 6.82. The summed E-state index contributed by atoms with van der Waals surface area (Å²) in [6.07, 6.45) is 13.2. The summed E-state index contributed by atoms with van der Waals surface area (Å²) >= 11 is 0. The van der Waals surface area contributed by atoms with Gasteiger partial charge in [0.1, 0.15) is 11.6 Å². The molecule has 0 atom stereocenters. The summed E-state index contributed by atoms with van der Waals surface area (Å²) in [6.45, 7) is 1.41. The molecule has 33 heavy (non-hydrogen) atoms. The second kappa shape index (κ2) is 14.1. The van der Waals surface area contributed by atoms with Gasteiger partial charge in [-0.1, -0.05) is 36.8 Å². The van der Waals surface area contributed by atoms with Crippen molar-refractivity contribution in [1.29, 1.82) is 0 Å². The maximum Gasteiger partial charge on any atom is 0.134 e. The van der Waals surface area contributed by atoms with Gasteiger partial charge < -0.3 is 9.47 Å². The molecule has 0 saturated heterocycles. The Balaban J connectivity index is 1.47. The van der Waals surface area contributed by atoms with Crippen LogP contribution in [-0.4, -0.2) is 20.3 Å². The molecule has 0 aliphatic heterocycles. The molecule has 1 fully saturated rings. The number of halogens is 2. The third-order valence-electron chi connectivity index (χ3n) is 6.82. The van der Waals surface area contributed by atoms with Gasteiger partial charge in [0.25, 0.3) is 0 Å². The molecule has 0 bridgehead atoms. The van der Waals surface area contributed by atoms with Crippen molar-refractivity contribution in [3.63, 3.8) is 0 Å². The van der Waals surface area contributed by atoms with E-state index >= 15 is 0 Å². The Kier molecular flexibility index (Phi) is 10.9. The van der Waals surface area contributed by atoms with Crippen molar-refractivity contribution in [1.82, 2.24) is 0 Å². The zero-order valence-corrected chi connectivity index (χ0v) is 19.9. The van der Waals surface area contributed by atoms with Crippen molar-refractivity contribution in [3.05, 3.63) is 66.3 Å². The van der Waals surface area contributed by atoms with Crippen LogP contribution < -0.4 is 4.74 Å². The molecule has 0 spiro atoms. The number of hydrogen-bond acceptors (Lipinski definition) is 2. The van der Waals surface area contributed by atoms with Gasteiger partial charge in [-0.15, -0.1) is 0 Å². The lowest BCUT2D eigenvalue weighted by Gasteiger charge is -2.28. The van der Waals surface area contributed by atoms with Gasteiger partial charge in [-0.05, 0) is 92.9 Å². The Bertz CT molecular complexity index is 839. The van der Waals surface area contributed by atoms with Crippen LogP contribution >= 0.6 is 0 Å². The van der Waals surface area contributed by atoms with Gasteiger partial charge >= 0.3 is 0 Å². The first-order chi connectivity index (χ1) is 16.2. The van der Waals surface area contributed by atoms with E-state index in [0.29, 0.717) is 36.1 Å². The Morgan fingerprint density at radius 1 is 0.909 bits per heavy atom. The predicted octanol–water partition coefficient (Wildman–Crippen LogP) is 8.62. The summed E-state index contributed by atoms with van der Waals surface area (Å²) in [5, 5.41) is 0. The normalized spacial score (nSPS) is 18.6. The molecule has 0 aromatic heterocycles. The summed E-state index contributed by atoms with van der Waals surface area (Å²) in [5.41, 5.74) is 2.84.